The van der Waals surface area contributed by atoms with Gasteiger partial charge in [-0.3, -0.25) is 9.89 Å². The molecule has 0 bridgehead atoms. The number of halogens is 1. The predicted octanol–water partition coefficient (Wildman–Crippen LogP) is 4.34. The molecule has 3 rings (SSSR count). The number of carbonyl (C=O) groups excluding carboxylic acids is 1. The molecule has 0 saturated heterocycles. The summed E-state index contributed by atoms with van der Waals surface area (Å²) in [4.78, 5) is 16.6. The van der Waals surface area contributed by atoms with Gasteiger partial charge in [-0.1, -0.05) is 30.0 Å². The van der Waals surface area contributed by atoms with E-state index in [1.54, 1.807) is 0 Å². The van der Waals surface area contributed by atoms with Crippen molar-refractivity contribution in [3.05, 3.63) is 63.0 Å². The molecule has 0 aliphatic heterocycles. The summed E-state index contributed by atoms with van der Waals surface area (Å²) in [5.41, 5.74) is 2.97. The van der Waals surface area contributed by atoms with Crippen LogP contribution < -0.4 is 10.1 Å². The number of para-hydroxylation sites is 1. The standard InChI is InChI=1S/C19H19IN4O2S/c1-12-8-14(20)9-13(2)18(12)22-17(25)11-27-19-21-16(23-24-19)10-26-15-6-4-3-5-7-15/h3-9H,10-11H2,1-2H3,(H,22,25)(H,21,23,24). The molecule has 0 aliphatic rings. The Labute approximate surface area is 175 Å². The van der Waals surface area contributed by atoms with Crippen molar-refractivity contribution in [1.82, 2.24) is 15.2 Å². The Bertz CT molecular complexity index is 907. The molecule has 3 aromatic rings. The summed E-state index contributed by atoms with van der Waals surface area (Å²) in [5, 5.41) is 10.5. The number of rotatable bonds is 7. The lowest BCUT2D eigenvalue weighted by atomic mass is 10.1. The fraction of sp³-hybridized carbons (Fsp3) is 0.211. The molecule has 0 saturated carbocycles. The van der Waals surface area contributed by atoms with Crippen LogP contribution in [0.5, 0.6) is 5.75 Å². The van der Waals surface area contributed by atoms with E-state index in [-0.39, 0.29) is 11.7 Å². The van der Waals surface area contributed by atoms with Crippen molar-refractivity contribution in [2.45, 2.75) is 25.6 Å². The van der Waals surface area contributed by atoms with Gasteiger partial charge in [0.2, 0.25) is 11.1 Å². The van der Waals surface area contributed by atoms with E-state index >= 15 is 0 Å². The van der Waals surface area contributed by atoms with Crippen LogP contribution in [-0.2, 0) is 11.4 Å². The van der Waals surface area contributed by atoms with E-state index in [0.29, 0.717) is 17.6 Å². The smallest absolute Gasteiger partial charge is 0.234 e. The Kier molecular flexibility index (Phi) is 6.73. The fourth-order valence-electron chi connectivity index (χ4n) is 2.49. The molecule has 1 aromatic heterocycles. The number of hydrogen-bond donors (Lipinski definition) is 2. The molecule has 2 N–H and O–H groups in total. The molecule has 6 nitrogen and oxygen atoms in total. The van der Waals surface area contributed by atoms with Gasteiger partial charge in [-0.05, 0) is 71.8 Å². The average Bonchev–Trinajstić information content (AvgIpc) is 3.10. The van der Waals surface area contributed by atoms with Crippen LogP contribution in [0.25, 0.3) is 0 Å². The summed E-state index contributed by atoms with van der Waals surface area (Å²) in [6, 6.07) is 13.6. The van der Waals surface area contributed by atoms with Gasteiger partial charge in [0.15, 0.2) is 5.82 Å². The van der Waals surface area contributed by atoms with Gasteiger partial charge in [0, 0.05) is 9.26 Å². The third-order valence-corrected chi connectivity index (χ3v) is 5.19. The van der Waals surface area contributed by atoms with Gasteiger partial charge in [-0.15, -0.1) is 5.10 Å². The van der Waals surface area contributed by atoms with Crippen LogP contribution in [0.2, 0.25) is 0 Å². The number of hydrogen-bond acceptors (Lipinski definition) is 5. The van der Waals surface area contributed by atoms with E-state index in [9.17, 15) is 4.79 Å². The zero-order chi connectivity index (χ0) is 19.2. The number of benzene rings is 2. The number of H-pyrrole nitrogens is 1. The summed E-state index contributed by atoms with van der Waals surface area (Å²) < 4.78 is 6.78. The van der Waals surface area contributed by atoms with Crippen molar-refractivity contribution in [2.75, 3.05) is 11.1 Å². The first kappa shape index (κ1) is 19.7. The molecule has 0 radical (unpaired) electrons. The second-order valence-corrected chi connectivity index (χ2v) is 8.11. The van der Waals surface area contributed by atoms with Crippen LogP contribution in [-0.4, -0.2) is 26.8 Å². The van der Waals surface area contributed by atoms with Gasteiger partial charge >= 0.3 is 0 Å². The summed E-state index contributed by atoms with van der Waals surface area (Å²) in [5.74, 6) is 1.54. The number of carbonyl (C=O) groups is 1. The number of nitrogens with one attached hydrogen (secondary N) is 2. The zero-order valence-corrected chi connectivity index (χ0v) is 17.9. The maximum absolute atomic E-state index is 12.3. The lowest BCUT2D eigenvalue weighted by molar-refractivity contribution is -0.113. The Balaban J connectivity index is 1.50. The second kappa shape index (κ2) is 9.23. The van der Waals surface area contributed by atoms with Gasteiger partial charge in [-0.25, -0.2) is 4.98 Å². The molecule has 8 heteroatoms. The first-order valence-electron chi connectivity index (χ1n) is 8.30. The Morgan fingerprint density at radius 1 is 1.22 bits per heavy atom. The first-order valence-corrected chi connectivity index (χ1v) is 10.4. The van der Waals surface area contributed by atoms with Crippen molar-refractivity contribution in [1.29, 1.82) is 0 Å². The van der Waals surface area contributed by atoms with Crippen molar-refractivity contribution >= 4 is 45.9 Å². The summed E-state index contributed by atoms with van der Waals surface area (Å²) in [7, 11) is 0. The van der Waals surface area contributed by atoms with E-state index in [0.717, 1.165) is 26.1 Å². The quantitative estimate of drug-likeness (QED) is 0.378. The molecule has 1 heterocycles. The lowest BCUT2D eigenvalue weighted by Crippen LogP contribution is -2.16. The second-order valence-electron chi connectivity index (χ2n) is 5.92. The Hall–Kier alpha value is -2.07. The average molecular weight is 494 g/mol. The molecular weight excluding hydrogens is 475 g/mol. The van der Waals surface area contributed by atoms with Crippen LogP contribution in [0.4, 0.5) is 5.69 Å². The number of aromatic amines is 1. The molecule has 2 aromatic carbocycles. The summed E-state index contributed by atoms with van der Waals surface area (Å²) >= 11 is 3.55. The van der Waals surface area contributed by atoms with Crippen LogP contribution in [0.1, 0.15) is 17.0 Å². The molecule has 0 spiro atoms. The van der Waals surface area contributed by atoms with Crippen molar-refractivity contribution in [2.24, 2.45) is 0 Å². The van der Waals surface area contributed by atoms with Crippen LogP contribution in [0.3, 0.4) is 0 Å². The van der Waals surface area contributed by atoms with Gasteiger partial charge in [0.05, 0.1) is 5.75 Å². The molecule has 27 heavy (non-hydrogen) atoms. The molecule has 0 unspecified atom stereocenters. The third kappa shape index (κ3) is 5.70. The lowest BCUT2D eigenvalue weighted by Gasteiger charge is -2.11. The number of aryl methyl sites for hydroxylation is 2. The van der Waals surface area contributed by atoms with Gasteiger partial charge < -0.3 is 10.1 Å². The summed E-state index contributed by atoms with van der Waals surface area (Å²) in [6.07, 6.45) is 0. The van der Waals surface area contributed by atoms with E-state index in [2.05, 4.69) is 43.1 Å². The minimum Gasteiger partial charge on any atom is -0.486 e. The number of ether oxygens (including phenoxy) is 1. The van der Waals surface area contributed by atoms with Crippen molar-refractivity contribution < 1.29 is 9.53 Å². The van der Waals surface area contributed by atoms with Crippen molar-refractivity contribution in [3.8, 4) is 5.75 Å². The normalized spacial score (nSPS) is 10.6. The van der Waals surface area contributed by atoms with Crippen LogP contribution in [0, 0.1) is 17.4 Å². The molecule has 0 atom stereocenters. The highest BCUT2D eigenvalue weighted by molar-refractivity contribution is 14.1. The van der Waals surface area contributed by atoms with Gasteiger partial charge in [-0.2, -0.15) is 0 Å². The predicted molar refractivity (Wildman–Crippen MR) is 115 cm³/mol. The van der Waals surface area contributed by atoms with Crippen LogP contribution in [0.15, 0.2) is 47.6 Å². The van der Waals surface area contributed by atoms with Gasteiger partial charge in [0.25, 0.3) is 0 Å². The first-order chi connectivity index (χ1) is 13.0. The van der Waals surface area contributed by atoms with Gasteiger partial charge in [0.1, 0.15) is 12.4 Å². The highest BCUT2D eigenvalue weighted by Gasteiger charge is 2.11. The van der Waals surface area contributed by atoms with Crippen molar-refractivity contribution in [3.63, 3.8) is 0 Å². The highest BCUT2D eigenvalue weighted by Crippen LogP contribution is 2.23. The number of anilines is 1. The minimum atomic E-state index is -0.0840. The maximum atomic E-state index is 12.3. The molecule has 1 amide bonds. The number of thioether (sulfide) groups is 1. The molecular formula is C19H19IN4O2S. The minimum absolute atomic E-state index is 0.0840. The van der Waals surface area contributed by atoms with E-state index in [4.69, 9.17) is 4.74 Å². The van der Waals surface area contributed by atoms with E-state index in [1.165, 1.54) is 11.8 Å². The fourth-order valence-corrected chi connectivity index (χ4v) is 4.04. The number of aromatic nitrogens is 3. The zero-order valence-electron chi connectivity index (χ0n) is 15.0. The highest BCUT2D eigenvalue weighted by atomic mass is 127. The summed E-state index contributed by atoms with van der Waals surface area (Å²) in [6.45, 7) is 4.28. The van der Waals surface area contributed by atoms with E-state index < -0.39 is 0 Å². The Morgan fingerprint density at radius 3 is 2.63 bits per heavy atom. The monoisotopic (exact) mass is 494 g/mol. The third-order valence-electron chi connectivity index (χ3n) is 3.72. The van der Waals surface area contributed by atoms with Crippen LogP contribution >= 0.6 is 34.4 Å². The topological polar surface area (TPSA) is 79.9 Å². The number of amides is 1. The Morgan fingerprint density at radius 2 is 1.93 bits per heavy atom. The SMILES string of the molecule is Cc1cc(I)cc(C)c1NC(=O)CSc1n[nH]c(COc2ccccc2)n1. The largest absolute Gasteiger partial charge is 0.486 e. The molecule has 140 valence electrons. The maximum Gasteiger partial charge on any atom is 0.234 e. The molecule has 0 fully saturated rings. The van der Waals surface area contributed by atoms with E-state index in [1.807, 2.05) is 56.3 Å². The molecule has 0 aliphatic carbocycles. The number of nitrogens with zero attached hydrogens (tertiary/aromatic N) is 2.